The SMILES string of the molecule is C=CC(=O)N1CCN(c2nc(OC[C@@H]3CC[C@H](CN4CCN(Cc5ccc(-n6c(O)nnc6-c6cc(C(C)C)c(O)cc6O)cc5)CC4)N3C)nc3c2CCN(c2cccc4cccc(Cl)c24)C3)C[C@@H]1CC#N. The third kappa shape index (κ3) is 10.2. The number of hydrogen-bond donors (Lipinski definition) is 3. The van der Waals surface area contributed by atoms with Crippen molar-refractivity contribution in [2.75, 3.05) is 82.4 Å². The Labute approximate surface area is 431 Å². The molecule has 3 atom stereocenters. The van der Waals surface area contributed by atoms with Crippen LogP contribution >= 0.6 is 11.6 Å². The Balaban J connectivity index is 0.771. The predicted molar refractivity (Wildman–Crippen MR) is 282 cm³/mol. The number of fused-ring (bicyclic) bond motifs is 2. The van der Waals surface area contributed by atoms with Crippen molar-refractivity contribution in [1.29, 1.82) is 5.26 Å². The second kappa shape index (κ2) is 21.2. The van der Waals surface area contributed by atoms with Gasteiger partial charge in [-0.25, -0.2) is 4.57 Å². The van der Waals surface area contributed by atoms with Crippen LogP contribution in [0.25, 0.3) is 27.8 Å². The molecule has 3 N–H and O–H groups in total. The van der Waals surface area contributed by atoms with Gasteiger partial charge >= 0.3 is 12.0 Å². The predicted octanol–water partition coefficient (Wildman–Crippen LogP) is 7.11. The van der Waals surface area contributed by atoms with Crippen molar-refractivity contribution in [2.45, 2.75) is 76.7 Å². The van der Waals surface area contributed by atoms with Crippen LogP contribution in [-0.4, -0.2) is 156 Å². The van der Waals surface area contributed by atoms with Gasteiger partial charge in [0.2, 0.25) is 5.91 Å². The van der Waals surface area contributed by atoms with E-state index < -0.39 is 0 Å². The van der Waals surface area contributed by atoms with E-state index in [0.29, 0.717) is 73.1 Å². The fourth-order valence-corrected chi connectivity index (χ4v) is 11.5. The molecule has 4 aromatic carbocycles. The topological polar surface area (TPSA) is 187 Å². The molecule has 73 heavy (non-hydrogen) atoms. The average molecular weight is 1010 g/mol. The van der Waals surface area contributed by atoms with E-state index in [1.807, 2.05) is 50.2 Å². The van der Waals surface area contributed by atoms with Crippen LogP contribution in [0.3, 0.4) is 0 Å². The summed E-state index contributed by atoms with van der Waals surface area (Å²) in [6, 6.07) is 25.8. The number of anilines is 2. The standard InChI is InChI=1S/C55H63ClN12O5/c1-5-50(71)67-27-26-66(32-40(67)18-20-57)52-42-19-21-65(47-11-7-9-37-8-6-10-45(56)51(37)47)33-46(42)58-54(59-52)73-34-41-17-16-39(62(41)4)31-64-24-22-63(23-25-64)30-36-12-14-38(15-13-36)68-53(60-61-55(68)72)44-28-43(35(2)3)48(69)29-49(44)70/h5-15,28-29,35,39-41,69-70H,1,16-19,21-27,30-34H2,2-4H3,(H,61,72)/t39-,40+,41+/m1/s1. The van der Waals surface area contributed by atoms with Crippen LogP contribution in [0.5, 0.6) is 23.5 Å². The Morgan fingerprint density at radius 2 is 1.64 bits per heavy atom. The van der Waals surface area contributed by atoms with Crippen molar-refractivity contribution in [3.05, 3.63) is 113 Å². The highest BCUT2D eigenvalue weighted by Gasteiger charge is 2.36. The summed E-state index contributed by atoms with van der Waals surface area (Å²) in [5, 5.41) is 52.5. The first kappa shape index (κ1) is 49.6. The van der Waals surface area contributed by atoms with E-state index in [0.717, 1.165) is 97.8 Å². The van der Waals surface area contributed by atoms with Gasteiger partial charge in [0.15, 0.2) is 5.82 Å². The molecule has 0 bridgehead atoms. The molecule has 18 heteroatoms. The zero-order valence-electron chi connectivity index (χ0n) is 41.7. The smallest absolute Gasteiger partial charge is 0.319 e. The van der Waals surface area contributed by atoms with Gasteiger partial charge in [-0.1, -0.05) is 73.5 Å². The largest absolute Gasteiger partial charge is 0.508 e. The van der Waals surface area contributed by atoms with Crippen molar-refractivity contribution in [2.24, 2.45) is 0 Å². The number of hydrogen-bond acceptors (Lipinski definition) is 15. The molecule has 17 nitrogen and oxygen atoms in total. The molecule has 3 saturated heterocycles. The van der Waals surface area contributed by atoms with E-state index in [9.17, 15) is 25.4 Å². The minimum absolute atomic E-state index is 0.00406. The quantitative estimate of drug-likeness (QED) is 0.0937. The molecule has 6 heterocycles. The molecule has 0 saturated carbocycles. The number of benzene rings is 4. The summed E-state index contributed by atoms with van der Waals surface area (Å²) in [7, 11) is 2.20. The third-order valence-corrected chi connectivity index (χ3v) is 15.7. The number of piperazine rings is 2. The van der Waals surface area contributed by atoms with Crippen LogP contribution in [0.2, 0.25) is 5.02 Å². The normalized spacial score (nSPS) is 19.9. The van der Waals surface area contributed by atoms with Gasteiger partial charge in [-0.2, -0.15) is 15.2 Å². The van der Waals surface area contributed by atoms with Crippen molar-refractivity contribution in [3.8, 4) is 46.7 Å². The zero-order chi connectivity index (χ0) is 50.9. The van der Waals surface area contributed by atoms with E-state index in [1.165, 1.54) is 16.7 Å². The molecule has 0 unspecified atom stereocenters. The number of nitriles is 1. The number of ether oxygens (including phenoxy) is 1. The van der Waals surface area contributed by atoms with Gasteiger partial charge in [0, 0.05) is 100 Å². The summed E-state index contributed by atoms with van der Waals surface area (Å²) in [6.07, 6.45) is 4.32. The van der Waals surface area contributed by atoms with Crippen LogP contribution in [-0.2, 0) is 24.3 Å². The molecule has 2 aromatic heterocycles. The number of carbonyl (C=O) groups excluding carboxylic acids is 1. The average Bonchev–Trinajstić information content (AvgIpc) is 3.95. The van der Waals surface area contributed by atoms with Gasteiger partial charge in [0.1, 0.15) is 23.9 Å². The van der Waals surface area contributed by atoms with Gasteiger partial charge in [0.25, 0.3) is 0 Å². The molecule has 6 aromatic rings. The number of aromatic nitrogens is 5. The number of carbonyl (C=O) groups is 1. The molecule has 4 aliphatic heterocycles. The van der Waals surface area contributed by atoms with Crippen molar-refractivity contribution in [1.82, 2.24) is 44.3 Å². The minimum Gasteiger partial charge on any atom is -0.508 e. The second-order valence-corrected chi connectivity index (χ2v) is 20.5. The highest BCUT2D eigenvalue weighted by molar-refractivity contribution is 6.36. The van der Waals surface area contributed by atoms with E-state index >= 15 is 0 Å². The first-order valence-electron chi connectivity index (χ1n) is 25.3. The molecule has 380 valence electrons. The van der Waals surface area contributed by atoms with Gasteiger partial charge in [0.05, 0.1) is 47.0 Å². The number of aromatic hydroxyl groups is 3. The maximum atomic E-state index is 12.8. The summed E-state index contributed by atoms with van der Waals surface area (Å²) < 4.78 is 8.11. The number of phenolic OH excluding ortho intramolecular Hbond substituents is 2. The van der Waals surface area contributed by atoms with Crippen molar-refractivity contribution >= 4 is 39.8 Å². The number of nitrogens with zero attached hydrogens (tertiary/aromatic N) is 12. The molecule has 0 aliphatic carbocycles. The first-order chi connectivity index (χ1) is 35.4. The number of phenols is 2. The Morgan fingerprint density at radius 1 is 0.890 bits per heavy atom. The third-order valence-electron chi connectivity index (χ3n) is 15.3. The fourth-order valence-electron chi connectivity index (χ4n) is 11.2. The fraction of sp³-hybridized carbons (Fsp3) is 0.418. The Morgan fingerprint density at radius 3 is 2.40 bits per heavy atom. The van der Waals surface area contributed by atoms with Gasteiger partial charge in [-0.3, -0.25) is 19.5 Å². The second-order valence-electron chi connectivity index (χ2n) is 20.1. The van der Waals surface area contributed by atoms with Gasteiger partial charge in [-0.05, 0) is 85.1 Å². The molecular weight excluding hydrogens is 944 g/mol. The molecule has 1 amide bonds. The van der Waals surface area contributed by atoms with E-state index in [2.05, 4.69) is 78.7 Å². The zero-order valence-corrected chi connectivity index (χ0v) is 42.5. The summed E-state index contributed by atoms with van der Waals surface area (Å²) in [4.78, 5) is 36.9. The molecule has 0 radical (unpaired) electrons. The lowest BCUT2D eigenvalue weighted by atomic mass is 9.98. The van der Waals surface area contributed by atoms with Crippen LogP contribution in [0.1, 0.15) is 61.4 Å². The van der Waals surface area contributed by atoms with Crippen LogP contribution < -0.4 is 14.5 Å². The van der Waals surface area contributed by atoms with Crippen LogP contribution in [0, 0.1) is 11.3 Å². The lowest BCUT2D eigenvalue weighted by molar-refractivity contribution is -0.128. The minimum atomic E-state index is -0.295. The summed E-state index contributed by atoms with van der Waals surface area (Å²) in [6.45, 7) is 16.5. The summed E-state index contributed by atoms with van der Waals surface area (Å²) in [5.41, 5.74) is 5.86. The van der Waals surface area contributed by atoms with Crippen LogP contribution in [0.4, 0.5) is 11.5 Å². The van der Waals surface area contributed by atoms with Gasteiger partial charge < -0.3 is 34.8 Å². The van der Waals surface area contributed by atoms with Crippen molar-refractivity contribution in [3.63, 3.8) is 0 Å². The number of rotatable bonds is 14. The lowest BCUT2D eigenvalue weighted by Crippen LogP contribution is -2.55. The number of halogens is 1. The van der Waals surface area contributed by atoms with E-state index in [-0.39, 0.29) is 53.7 Å². The highest BCUT2D eigenvalue weighted by atomic mass is 35.5. The number of likely N-dealkylation sites (tertiary alicyclic amines) is 1. The van der Waals surface area contributed by atoms with E-state index in [1.54, 1.807) is 11.0 Å². The molecule has 4 aliphatic rings. The van der Waals surface area contributed by atoms with Crippen LogP contribution in [0.15, 0.2) is 85.5 Å². The monoisotopic (exact) mass is 1010 g/mol. The van der Waals surface area contributed by atoms with E-state index in [4.69, 9.17) is 26.3 Å². The Kier molecular flexibility index (Phi) is 14.4. The highest BCUT2D eigenvalue weighted by Crippen LogP contribution is 2.40. The van der Waals surface area contributed by atoms with Gasteiger partial charge in [-0.15, -0.1) is 5.10 Å². The number of amides is 1. The number of likely N-dealkylation sites (N-methyl/N-ethyl adjacent to an activating group) is 1. The molecular formula is C55H63ClN12O5. The Hall–Kier alpha value is -6.97. The molecule has 10 rings (SSSR count). The Bertz CT molecular complexity index is 3040. The summed E-state index contributed by atoms with van der Waals surface area (Å²) >= 11 is 6.82. The maximum absolute atomic E-state index is 12.8. The summed E-state index contributed by atoms with van der Waals surface area (Å²) in [5.74, 6) is 0.784. The molecule has 3 fully saturated rings. The van der Waals surface area contributed by atoms with Crippen molar-refractivity contribution < 1.29 is 24.9 Å². The molecule has 0 spiro atoms. The maximum Gasteiger partial charge on any atom is 0.319 e. The first-order valence-corrected chi connectivity index (χ1v) is 25.7. The lowest BCUT2D eigenvalue weighted by Gasteiger charge is -2.42.